The van der Waals surface area contributed by atoms with Gasteiger partial charge >= 0.3 is 0 Å². The molecule has 21 heavy (non-hydrogen) atoms. The molecule has 0 saturated heterocycles. The van der Waals surface area contributed by atoms with Gasteiger partial charge in [0.2, 0.25) is 0 Å². The predicted molar refractivity (Wildman–Crippen MR) is 87.4 cm³/mol. The topological polar surface area (TPSA) is 34.9 Å². The van der Waals surface area contributed by atoms with Crippen molar-refractivity contribution in [3.63, 3.8) is 0 Å². The van der Waals surface area contributed by atoms with E-state index in [4.69, 9.17) is 0 Å². The third-order valence-electron chi connectivity index (χ3n) is 4.41. The van der Waals surface area contributed by atoms with Gasteiger partial charge in [0.05, 0.1) is 17.6 Å². The van der Waals surface area contributed by atoms with Crippen molar-refractivity contribution in [2.45, 2.75) is 54.0 Å². The van der Waals surface area contributed by atoms with Crippen LogP contribution in [0.15, 0.2) is 24.3 Å². The molecule has 3 heteroatoms. The Morgan fingerprint density at radius 2 is 1.95 bits per heavy atom. The zero-order valence-electron chi connectivity index (χ0n) is 13.8. The Bertz CT molecular complexity index is 634. The van der Waals surface area contributed by atoms with Gasteiger partial charge in [-0.3, -0.25) is 9.48 Å². The fraction of sp³-hybridized carbons (Fsp3) is 0.556. The van der Waals surface area contributed by atoms with Crippen LogP contribution in [0.5, 0.6) is 0 Å². The molecule has 0 spiro atoms. The molecule has 1 aromatic heterocycles. The molecule has 3 nitrogen and oxygen atoms in total. The monoisotopic (exact) mass is 286 g/mol. The van der Waals surface area contributed by atoms with E-state index < -0.39 is 0 Å². The summed E-state index contributed by atoms with van der Waals surface area (Å²) in [6, 6.07) is 8.15. The molecule has 0 bridgehead atoms. The molecule has 0 aliphatic rings. The van der Waals surface area contributed by atoms with E-state index >= 15 is 0 Å². The summed E-state index contributed by atoms with van der Waals surface area (Å²) in [5.41, 5.74) is 2.20. The SMILES string of the molecule is CCn1nc(CC(=O)CC(C)C(C)(C)C)c2ccccc21. The van der Waals surface area contributed by atoms with E-state index in [1.165, 1.54) is 0 Å². The summed E-state index contributed by atoms with van der Waals surface area (Å²) < 4.78 is 1.98. The van der Waals surface area contributed by atoms with Gasteiger partial charge in [0.25, 0.3) is 0 Å². The number of hydrogen-bond acceptors (Lipinski definition) is 2. The van der Waals surface area contributed by atoms with Crippen LogP contribution >= 0.6 is 0 Å². The standard InChI is InChI=1S/C18H26N2O/c1-6-20-17-10-8-7-9-15(17)16(19-20)12-14(21)11-13(2)18(3,4)5/h7-10,13H,6,11-12H2,1-5H3. The summed E-state index contributed by atoms with van der Waals surface area (Å²) in [7, 11) is 0. The minimum atomic E-state index is 0.167. The molecule has 1 aromatic carbocycles. The van der Waals surface area contributed by atoms with Crippen LogP contribution in [0.3, 0.4) is 0 Å². The molecular formula is C18H26N2O. The predicted octanol–water partition coefficient (Wildman–Crippen LogP) is 4.24. The van der Waals surface area contributed by atoms with Gasteiger partial charge in [-0.25, -0.2) is 0 Å². The molecule has 114 valence electrons. The van der Waals surface area contributed by atoms with Gasteiger partial charge in [-0.15, -0.1) is 0 Å². The molecule has 1 atom stereocenters. The highest BCUT2D eigenvalue weighted by Crippen LogP contribution is 2.29. The maximum atomic E-state index is 12.4. The summed E-state index contributed by atoms with van der Waals surface area (Å²) in [5, 5.41) is 5.72. The number of benzene rings is 1. The van der Waals surface area contributed by atoms with Crippen molar-refractivity contribution in [3.8, 4) is 0 Å². The Morgan fingerprint density at radius 3 is 2.57 bits per heavy atom. The maximum absolute atomic E-state index is 12.4. The number of fused-ring (bicyclic) bond motifs is 1. The summed E-state index contributed by atoms with van der Waals surface area (Å²) >= 11 is 0. The number of rotatable bonds is 5. The van der Waals surface area contributed by atoms with Crippen molar-refractivity contribution in [3.05, 3.63) is 30.0 Å². The van der Waals surface area contributed by atoms with E-state index in [2.05, 4.69) is 51.9 Å². The number of hydrogen-bond donors (Lipinski definition) is 0. The Balaban J connectivity index is 2.18. The van der Waals surface area contributed by atoms with Crippen molar-refractivity contribution < 1.29 is 4.79 Å². The minimum Gasteiger partial charge on any atom is -0.299 e. The van der Waals surface area contributed by atoms with Crippen molar-refractivity contribution in [2.75, 3.05) is 0 Å². The number of carbonyl (C=O) groups excluding carboxylic acids is 1. The molecule has 0 fully saturated rings. The number of aryl methyl sites for hydroxylation is 1. The van der Waals surface area contributed by atoms with Crippen molar-refractivity contribution in [2.24, 2.45) is 11.3 Å². The number of Topliss-reactive ketones (excluding diaryl/α,β-unsaturated/α-hetero) is 1. The van der Waals surface area contributed by atoms with E-state index in [-0.39, 0.29) is 11.2 Å². The van der Waals surface area contributed by atoms with Crippen LogP contribution in [0.2, 0.25) is 0 Å². The lowest BCUT2D eigenvalue weighted by molar-refractivity contribution is -0.120. The summed E-state index contributed by atoms with van der Waals surface area (Å²) in [6.45, 7) is 11.6. The number of nitrogens with zero attached hydrogens (tertiary/aromatic N) is 2. The number of aromatic nitrogens is 2. The van der Waals surface area contributed by atoms with Crippen LogP contribution in [0.1, 0.15) is 46.7 Å². The lowest BCUT2D eigenvalue weighted by Crippen LogP contribution is -2.21. The van der Waals surface area contributed by atoms with Crippen LogP contribution in [-0.4, -0.2) is 15.6 Å². The molecule has 2 rings (SSSR count). The van der Waals surface area contributed by atoms with Gasteiger partial charge in [-0.1, -0.05) is 45.9 Å². The van der Waals surface area contributed by atoms with E-state index in [1.54, 1.807) is 0 Å². The quantitative estimate of drug-likeness (QED) is 0.824. The zero-order chi connectivity index (χ0) is 15.6. The molecule has 2 aromatic rings. The second kappa shape index (κ2) is 6.00. The van der Waals surface area contributed by atoms with E-state index in [1.807, 2.05) is 16.8 Å². The van der Waals surface area contributed by atoms with Crippen molar-refractivity contribution >= 4 is 16.7 Å². The fourth-order valence-electron chi connectivity index (χ4n) is 2.47. The minimum absolute atomic E-state index is 0.167. The zero-order valence-corrected chi connectivity index (χ0v) is 13.8. The van der Waals surface area contributed by atoms with E-state index in [0.717, 1.165) is 23.1 Å². The van der Waals surface area contributed by atoms with Gasteiger partial charge < -0.3 is 0 Å². The highest BCUT2D eigenvalue weighted by molar-refractivity contribution is 5.88. The smallest absolute Gasteiger partial charge is 0.139 e. The maximum Gasteiger partial charge on any atom is 0.139 e. The molecule has 0 aliphatic heterocycles. The van der Waals surface area contributed by atoms with Gasteiger partial charge in [-0.05, 0) is 24.3 Å². The highest BCUT2D eigenvalue weighted by atomic mass is 16.1. The van der Waals surface area contributed by atoms with Crippen LogP contribution in [0, 0.1) is 11.3 Å². The molecule has 0 saturated carbocycles. The first kappa shape index (κ1) is 15.7. The first-order chi connectivity index (χ1) is 9.82. The second-order valence-electron chi connectivity index (χ2n) is 6.97. The Kier molecular flexibility index (Phi) is 4.50. The summed E-state index contributed by atoms with van der Waals surface area (Å²) in [4.78, 5) is 12.4. The molecule has 0 aliphatic carbocycles. The van der Waals surface area contributed by atoms with Crippen molar-refractivity contribution in [1.29, 1.82) is 0 Å². The highest BCUT2D eigenvalue weighted by Gasteiger charge is 2.23. The van der Waals surface area contributed by atoms with E-state index in [0.29, 0.717) is 18.8 Å². The molecule has 0 radical (unpaired) electrons. The number of carbonyl (C=O) groups is 1. The summed E-state index contributed by atoms with van der Waals surface area (Å²) in [6.07, 6.45) is 1.06. The fourth-order valence-corrected chi connectivity index (χ4v) is 2.47. The number of ketones is 1. The van der Waals surface area contributed by atoms with Gasteiger partial charge in [0.15, 0.2) is 0 Å². The largest absolute Gasteiger partial charge is 0.299 e. The van der Waals surface area contributed by atoms with Crippen LogP contribution in [-0.2, 0) is 17.8 Å². The summed E-state index contributed by atoms with van der Waals surface area (Å²) in [5.74, 6) is 0.661. The van der Waals surface area contributed by atoms with E-state index in [9.17, 15) is 4.79 Å². The lowest BCUT2D eigenvalue weighted by Gasteiger charge is -2.26. The molecule has 1 heterocycles. The first-order valence-corrected chi connectivity index (χ1v) is 7.79. The first-order valence-electron chi connectivity index (χ1n) is 7.79. The van der Waals surface area contributed by atoms with Crippen LogP contribution < -0.4 is 0 Å². The van der Waals surface area contributed by atoms with Crippen molar-refractivity contribution in [1.82, 2.24) is 9.78 Å². The second-order valence-corrected chi connectivity index (χ2v) is 6.97. The average Bonchev–Trinajstić information content (AvgIpc) is 2.76. The van der Waals surface area contributed by atoms with Crippen LogP contribution in [0.4, 0.5) is 0 Å². The normalized spacial score (nSPS) is 13.6. The Labute approximate surface area is 127 Å². The molecule has 0 N–H and O–H groups in total. The Hall–Kier alpha value is -1.64. The average molecular weight is 286 g/mol. The van der Waals surface area contributed by atoms with Gasteiger partial charge in [-0.2, -0.15) is 5.10 Å². The van der Waals surface area contributed by atoms with Crippen LogP contribution in [0.25, 0.3) is 10.9 Å². The third kappa shape index (κ3) is 3.52. The van der Waals surface area contributed by atoms with Gasteiger partial charge in [0.1, 0.15) is 5.78 Å². The number of para-hydroxylation sites is 1. The Morgan fingerprint density at radius 1 is 1.29 bits per heavy atom. The third-order valence-corrected chi connectivity index (χ3v) is 4.41. The molecule has 0 amide bonds. The van der Waals surface area contributed by atoms with Gasteiger partial charge in [0, 0.05) is 18.4 Å². The molecule has 1 unspecified atom stereocenters. The lowest BCUT2D eigenvalue weighted by atomic mass is 9.79. The molecular weight excluding hydrogens is 260 g/mol.